The minimum Gasteiger partial charge on any atom is -0.508 e. The van der Waals surface area contributed by atoms with Crippen molar-refractivity contribution in [2.24, 2.45) is 0 Å². The van der Waals surface area contributed by atoms with Gasteiger partial charge in [0.1, 0.15) is 11.5 Å². The molecule has 4 heteroatoms. The van der Waals surface area contributed by atoms with Gasteiger partial charge in [-0.05, 0) is 24.0 Å². The standard InChI is InChI=1S/C21H34O4/c1-7-8-9-10-11-25-19(24)14-21(5,6)16-13-17(22)15(12-18(16)23)20(2,3)4/h12-13,22-23H,7-11,14H2,1-6H3. The van der Waals surface area contributed by atoms with E-state index in [9.17, 15) is 15.0 Å². The molecule has 25 heavy (non-hydrogen) atoms. The Bertz CT molecular complexity index is 582. The molecule has 0 saturated carbocycles. The number of carbonyl (C=O) groups excluding carboxylic acids is 1. The molecule has 4 nitrogen and oxygen atoms in total. The molecule has 0 aliphatic heterocycles. The van der Waals surface area contributed by atoms with Crippen LogP contribution in [0.25, 0.3) is 0 Å². The molecule has 0 fully saturated rings. The molecule has 142 valence electrons. The summed E-state index contributed by atoms with van der Waals surface area (Å²) >= 11 is 0. The van der Waals surface area contributed by atoms with Crippen molar-refractivity contribution in [1.82, 2.24) is 0 Å². The van der Waals surface area contributed by atoms with Gasteiger partial charge >= 0.3 is 5.97 Å². The third-order valence-electron chi connectivity index (χ3n) is 4.50. The smallest absolute Gasteiger partial charge is 0.306 e. The van der Waals surface area contributed by atoms with Gasteiger partial charge in [0, 0.05) is 16.5 Å². The van der Waals surface area contributed by atoms with Crippen LogP contribution in [-0.4, -0.2) is 22.8 Å². The highest BCUT2D eigenvalue weighted by atomic mass is 16.5. The Morgan fingerprint density at radius 2 is 1.52 bits per heavy atom. The van der Waals surface area contributed by atoms with Gasteiger partial charge in [-0.2, -0.15) is 0 Å². The number of carbonyl (C=O) groups is 1. The Labute approximate surface area is 152 Å². The third-order valence-corrected chi connectivity index (χ3v) is 4.50. The van der Waals surface area contributed by atoms with Crippen LogP contribution in [0.4, 0.5) is 0 Å². The van der Waals surface area contributed by atoms with E-state index in [0.717, 1.165) is 25.7 Å². The van der Waals surface area contributed by atoms with E-state index in [1.807, 2.05) is 34.6 Å². The van der Waals surface area contributed by atoms with E-state index < -0.39 is 5.41 Å². The zero-order valence-electron chi connectivity index (χ0n) is 16.6. The molecule has 0 aliphatic carbocycles. The molecule has 0 saturated heterocycles. The van der Waals surface area contributed by atoms with E-state index in [4.69, 9.17) is 4.74 Å². The molecular weight excluding hydrogens is 316 g/mol. The van der Waals surface area contributed by atoms with Crippen molar-refractivity contribution in [3.8, 4) is 11.5 Å². The summed E-state index contributed by atoms with van der Waals surface area (Å²) in [5, 5.41) is 20.8. The highest BCUT2D eigenvalue weighted by Gasteiger charge is 2.30. The lowest BCUT2D eigenvalue weighted by molar-refractivity contribution is -0.145. The maximum absolute atomic E-state index is 12.1. The average Bonchev–Trinajstić information content (AvgIpc) is 2.47. The first kappa shape index (κ1) is 21.3. The Kier molecular flexibility index (Phi) is 7.33. The lowest BCUT2D eigenvalue weighted by Gasteiger charge is -2.28. The number of phenols is 2. The quantitative estimate of drug-likeness (QED) is 0.385. The number of hydrogen-bond acceptors (Lipinski definition) is 4. The summed E-state index contributed by atoms with van der Waals surface area (Å²) in [6.45, 7) is 12.2. The number of phenolic OH excluding ortho intramolecular Hbond substituents is 2. The third kappa shape index (κ3) is 6.26. The van der Waals surface area contributed by atoms with Crippen molar-refractivity contribution < 1.29 is 19.7 Å². The zero-order chi connectivity index (χ0) is 19.3. The molecule has 2 N–H and O–H groups in total. The fourth-order valence-corrected chi connectivity index (χ4v) is 2.94. The first-order chi connectivity index (χ1) is 11.5. The van der Waals surface area contributed by atoms with Gasteiger partial charge in [0.05, 0.1) is 13.0 Å². The van der Waals surface area contributed by atoms with E-state index in [0.29, 0.717) is 17.7 Å². The van der Waals surface area contributed by atoms with E-state index in [1.165, 1.54) is 0 Å². The fraction of sp³-hybridized carbons (Fsp3) is 0.667. The van der Waals surface area contributed by atoms with Crippen LogP contribution in [0.15, 0.2) is 12.1 Å². The molecule has 0 spiro atoms. The second kappa shape index (κ2) is 8.59. The lowest BCUT2D eigenvalue weighted by atomic mass is 9.78. The highest BCUT2D eigenvalue weighted by Crippen LogP contribution is 2.41. The number of esters is 1. The Balaban J connectivity index is 2.81. The number of rotatable bonds is 8. The lowest BCUT2D eigenvalue weighted by Crippen LogP contribution is -2.24. The molecule has 1 aromatic carbocycles. The van der Waals surface area contributed by atoms with Crippen LogP contribution in [0.3, 0.4) is 0 Å². The van der Waals surface area contributed by atoms with Crippen LogP contribution in [-0.2, 0) is 20.4 Å². The highest BCUT2D eigenvalue weighted by molar-refractivity contribution is 5.72. The monoisotopic (exact) mass is 350 g/mol. The zero-order valence-corrected chi connectivity index (χ0v) is 16.6. The van der Waals surface area contributed by atoms with Crippen molar-refractivity contribution in [3.05, 3.63) is 23.3 Å². The summed E-state index contributed by atoms with van der Waals surface area (Å²) in [7, 11) is 0. The van der Waals surface area contributed by atoms with Crippen molar-refractivity contribution in [2.45, 2.75) is 84.5 Å². The topological polar surface area (TPSA) is 66.8 Å². The van der Waals surface area contributed by atoms with Crippen LogP contribution in [0.1, 0.15) is 84.8 Å². The van der Waals surface area contributed by atoms with Gasteiger partial charge in [-0.3, -0.25) is 4.79 Å². The summed E-state index contributed by atoms with van der Waals surface area (Å²) < 4.78 is 5.31. The molecule has 0 aromatic heterocycles. The van der Waals surface area contributed by atoms with Gasteiger partial charge in [-0.1, -0.05) is 60.8 Å². The summed E-state index contributed by atoms with van der Waals surface area (Å²) in [4.78, 5) is 12.1. The van der Waals surface area contributed by atoms with Gasteiger partial charge in [-0.15, -0.1) is 0 Å². The summed E-state index contributed by atoms with van der Waals surface area (Å²) in [6, 6.07) is 3.17. The predicted octanol–water partition coefficient (Wildman–Crippen LogP) is 5.19. The van der Waals surface area contributed by atoms with Crippen LogP contribution < -0.4 is 0 Å². The van der Waals surface area contributed by atoms with Gasteiger partial charge in [-0.25, -0.2) is 0 Å². The number of aromatic hydroxyl groups is 2. The van der Waals surface area contributed by atoms with Crippen LogP contribution in [0, 0.1) is 0 Å². The van der Waals surface area contributed by atoms with Crippen LogP contribution in [0.2, 0.25) is 0 Å². The normalized spacial score (nSPS) is 12.2. The molecule has 0 atom stereocenters. The molecule has 0 bridgehead atoms. The molecule has 0 amide bonds. The van der Waals surface area contributed by atoms with Crippen LogP contribution in [0.5, 0.6) is 11.5 Å². The largest absolute Gasteiger partial charge is 0.508 e. The van der Waals surface area contributed by atoms with Crippen molar-refractivity contribution in [3.63, 3.8) is 0 Å². The molecule has 1 rings (SSSR count). The van der Waals surface area contributed by atoms with E-state index >= 15 is 0 Å². The summed E-state index contributed by atoms with van der Waals surface area (Å²) in [5.74, 6) is -0.0370. The minimum atomic E-state index is -0.627. The Hall–Kier alpha value is -1.71. The summed E-state index contributed by atoms with van der Waals surface area (Å²) in [6.07, 6.45) is 4.40. The number of ether oxygens (including phenoxy) is 1. The maximum atomic E-state index is 12.1. The average molecular weight is 350 g/mol. The molecule has 0 heterocycles. The van der Waals surface area contributed by atoms with Crippen molar-refractivity contribution >= 4 is 5.97 Å². The maximum Gasteiger partial charge on any atom is 0.306 e. The second-order valence-corrected chi connectivity index (χ2v) is 8.48. The molecule has 0 aliphatic rings. The van der Waals surface area contributed by atoms with Crippen molar-refractivity contribution in [1.29, 1.82) is 0 Å². The molecule has 0 radical (unpaired) electrons. The minimum absolute atomic E-state index is 0.100. The first-order valence-corrected chi connectivity index (χ1v) is 9.21. The number of unbranched alkanes of at least 4 members (excludes halogenated alkanes) is 3. The molecular formula is C21H34O4. The second-order valence-electron chi connectivity index (χ2n) is 8.48. The van der Waals surface area contributed by atoms with E-state index in [2.05, 4.69) is 6.92 Å². The van der Waals surface area contributed by atoms with Crippen LogP contribution >= 0.6 is 0 Å². The van der Waals surface area contributed by atoms with Gasteiger partial charge in [0.15, 0.2) is 0 Å². The summed E-state index contributed by atoms with van der Waals surface area (Å²) in [5.41, 5.74) is 0.337. The fourth-order valence-electron chi connectivity index (χ4n) is 2.94. The van der Waals surface area contributed by atoms with E-state index in [-0.39, 0.29) is 29.3 Å². The van der Waals surface area contributed by atoms with E-state index in [1.54, 1.807) is 12.1 Å². The van der Waals surface area contributed by atoms with Gasteiger partial charge in [0.25, 0.3) is 0 Å². The molecule has 1 aromatic rings. The Morgan fingerprint density at radius 1 is 0.960 bits per heavy atom. The number of benzene rings is 1. The first-order valence-electron chi connectivity index (χ1n) is 9.21. The SMILES string of the molecule is CCCCCCOC(=O)CC(C)(C)c1cc(O)c(C(C)(C)C)cc1O. The van der Waals surface area contributed by atoms with Crippen molar-refractivity contribution in [2.75, 3.05) is 6.61 Å². The van der Waals surface area contributed by atoms with Gasteiger partial charge in [0.2, 0.25) is 0 Å². The Morgan fingerprint density at radius 3 is 2.08 bits per heavy atom. The van der Waals surface area contributed by atoms with Gasteiger partial charge < -0.3 is 14.9 Å². The predicted molar refractivity (Wildman–Crippen MR) is 101 cm³/mol. The number of hydrogen-bond donors (Lipinski definition) is 2. The molecule has 0 unspecified atom stereocenters.